The molecule has 1 fully saturated rings. The van der Waals surface area contributed by atoms with Gasteiger partial charge in [0.15, 0.2) is 0 Å². The van der Waals surface area contributed by atoms with Crippen molar-refractivity contribution in [3.05, 3.63) is 47.3 Å². The maximum absolute atomic E-state index is 2.48. The summed E-state index contributed by atoms with van der Waals surface area (Å²) in [6, 6.07) is 13.8. The number of thiophene rings is 1. The molecule has 0 N–H and O–H groups in total. The van der Waals surface area contributed by atoms with E-state index in [1.165, 1.54) is 35.4 Å². The van der Waals surface area contributed by atoms with Crippen LogP contribution in [0.3, 0.4) is 0 Å². The molecule has 1 aromatic heterocycles. The summed E-state index contributed by atoms with van der Waals surface area (Å²) in [5, 5.41) is 2.16. The minimum Gasteiger partial charge on any atom is -0.299 e. The Labute approximate surface area is 107 Å². The van der Waals surface area contributed by atoms with Gasteiger partial charge >= 0.3 is 0 Å². The summed E-state index contributed by atoms with van der Waals surface area (Å²) < 4.78 is 0. The zero-order valence-corrected chi connectivity index (χ0v) is 10.9. The number of rotatable bonds is 2. The van der Waals surface area contributed by atoms with Crippen molar-refractivity contribution in [3.8, 4) is 10.4 Å². The summed E-state index contributed by atoms with van der Waals surface area (Å²) in [5.41, 5.74) is 2.91. The van der Waals surface area contributed by atoms with Crippen molar-refractivity contribution in [3.63, 3.8) is 0 Å². The molecule has 1 aromatic carbocycles. The van der Waals surface area contributed by atoms with Gasteiger partial charge in [0.2, 0.25) is 0 Å². The van der Waals surface area contributed by atoms with Gasteiger partial charge in [-0.3, -0.25) is 4.90 Å². The fourth-order valence-corrected chi connectivity index (χ4v) is 3.52. The lowest BCUT2D eigenvalue weighted by Crippen LogP contribution is -2.17. The molecule has 2 heteroatoms. The van der Waals surface area contributed by atoms with Crippen LogP contribution in [0.2, 0.25) is 0 Å². The highest BCUT2D eigenvalue weighted by molar-refractivity contribution is 7.13. The molecular formula is C15H17NS. The van der Waals surface area contributed by atoms with Gasteiger partial charge in [-0.2, -0.15) is 0 Å². The molecule has 3 rings (SSSR count). The fourth-order valence-electron chi connectivity index (χ4n) is 2.75. The molecule has 0 saturated carbocycles. The van der Waals surface area contributed by atoms with Crippen LogP contribution in [0.4, 0.5) is 0 Å². The Kier molecular flexibility index (Phi) is 3.00. The summed E-state index contributed by atoms with van der Waals surface area (Å²) in [6.07, 6.45) is 2.61. The summed E-state index contributed by atoms with van der Waals surface area (Å²) in [5.74, 6) is 0. The third-order valence-corrected chi connectivity index (χ3v) is 4.53. The second-order valence-corrected chi connectivity index (χ2v) is 5.65. The Morgan fingerprint density at radius 2 is 2.06 bits per heavy atom. The van der Waals surface area contributed by atoms with Crippen molar-refractivity contribution >= 4 is 11.3 Å². The van der Waals surface area contributed by atoms with Gasteiger partial charge in [-0.05, 0) is 49.0 Å². The zero-order chi connectivity index (χ0) is 11.7. The lowest BCUT2D eigenvalue weighted by molar-refractivity contribution is 0.318. The van der Waals surface area contributed by atoms with E-state index in [1.807, 2.05) is 11.3 Å². The average molecular weight is 243 g/mol. The van der Waals surface area contributed by atoms with E-state index in [2.05, 4.69) is 53.7 Å². The van der Waals surface area contributed by atoms with Gasteiger partial charge < -0.3 is 0 Å². The molecule has 1 nitrogen and oxygen atoms in total. The van der Waals surface area contributed by atoms with E-state index < -0.39 is 0 Å². The number of hydrogen-bond donors (Lipinski definition) is 0. The highest BCUT2D eigenvalue weighted by Crippen LogP contribution is 2.37. The minimum absolute atomic E-state index is 0.605. The molecule has 0 aliphatic carbocycles. The van der Waals surface area contributed by atoms with Crippen LogP contribution in [-0.2, 0) is 0 Å². The Bertz CT molecular complexity index is 489. The van der Waals surface area contributed by atoms with Crippen LogP contribution in [0, 0.1) is 0 Å². The topological polar surface area (TPSA) is 3.24 Å². The molecular weight excluding hydrogens is 226 g/mol. The highest BCUT2D eigenvalue weighted by Gasteiger charge is 2.24. The molecule has 0 radical (unpaired) electrons. The van der Waals surface area contributed by atoms with Crippen molar-refractivity contribution in [2.24, 2.45) is 0 Å². The predicted molar refractivity (Wildman–Crippen MR) is 74.4 cm³/mol. The van der Waals surface area contributed by atoms with Crippen LogP contribution in [0.5, 0.6) is 0 Å². The van der Waals surface area contributed by atoms with Crippen molar-refractivity contribution < 1.29 is 0 Å². The zero-order valence-electron chi connectivity index (χ0n) is 10.1. The predicted octanol–water partition coefficient (Wildman–Crippen LogP) is 4.18. The van der Waals surface area contributed by atoms with Crippen LogP contribution >= 0.6 is 11.3 Å². The lowest BCUT2D eigenvalue weighted by Gasteiger charge is -2.22. The second-order valence-electron chi connectivity index (χ2n) is 4.70. The first-order valence-corrected chi connectivity index (χ1v) is 7.07. The van der Waals surface area contributed by atoms with Gasteiger partial charge in [-0.25, -0.2) is 0 Å². The molecule has 88 valence electrons. The van der Waals surface area contributed by atoms with Crippen molar-refractivity contribution in [2.75, 3.05) is 13.6 Å². The highest BCUT2D eigenvalue weighted by atomic mass is 32.1. The van der Waals surface area contributed by atoms with Crippen LogP contribution in [0.15, 0.2) is 41.8 Å². The van der Waals surface area contributed by atoms with Gasteiger partial charge in [0.1, 0.15) is 0 Å². The Balaban J connectivity index is 2.05. The summed E-state index contributed by atoms with van der Waals surface area (Å²) in [4.78, 5) is 3.87. The number of nitrogens with zero attached hydrogens (tertiary/aromatic N) is 1. The van der Waals surface area contributed by atoms with E-state index in [1.54, 1.807) is 0 Å². The second kappa shape index (κ2) is 4.63. The molecule has 17 heavy (non-hydrogen) atoms. The van der Waals surface area contributed by atoms with Gasteiger partial charge in [-0.15, -0.1) is 11.3 Å². The van der Waals surface area contributed by atoms with Gasteiger partial charge in [0.05, 0.1) is 0 Å². The van der Waals surface area contributed by atoms with Gasteiger partial charge in [-0.1, -0.05) is 30.3 Å². The van der Waals surface area contributed by atoms with Crippen LogP contribution in [0.25, 0.3) is 10.4 Å². The summed E-state index contributed by atoms with van der Waals surface area (Å²) >= 11 is 1.83. The third kappa shape index (κ3) is 2.03. The Morgan fingerprint density at radius 3 is 2.76 bits per heavy atom. The molecule has 2 heterocycles. The van der Waals surface area contributed by atoms with E-state index in [0.717, 1.165) is 0 Å². The lowest BCUT2D eigenvalue weighted by atomic mass is 9.97. The van der Waals surface area contributed by atoms with Crippen LogP contribution in [-0.4, -0.2) is 18.5 Å². The quantitative estimate of drug-likeness (QED) is 0.764. The number of likely N-dealkylation sites (tertiary alicyclic amines) is 1. The van der Waals surface area contributed by atoms with E-state index in [4.69, 9.17) is 0 Å². The number of benzene rings is 1. The van der Waals surface area contributed by atoms with E-state index >= 15 is 0 Å². The molecule has 1 aliphatic heterocycles. The standard InChI is InChI=1S/C15H17NS/c1-16-10-4-8-14(16)12-6-2-3-7-13(12)15-9-5-11-17-15/h2-3,5-7,9,11,14H,4,8,10H2,1H3. The minimum atomic E-state index is 0.605. The van der Waals surface area contributed by atoms with Crippen molar-refractivity contribution in [1.82, 2.24) is 4.90 Å². The maximum atomic E-state index is 2.48. The molecule has 1 unspecified atom stereocenters. The Hall–Kier alpha value is -1.12. The monoisotopic (exact) mass is 243 g/mol. The average Bonchev–Trinajstić information content (AvgIpc) is 3.00. The summed E-state index contributed by atoms with van der Waals surface area (Å²) in [6.45, 7) is 1.23. The van der Waals surface area contributed by atoms with Crippen LogP contribution < -0.4 is 0 Å². The van der Waals surface area contributed by atoms with E-state index in [9.17, 15) is 0 Å². The molecule has 0 bridgehead atoms. The van der Waals surface area contributed by atoms with Gasteiger partial charge in [0.25, 0.3) is 0 Å². The molecule has 1 saturated heterocycles. The van der Waals surface area contributed by atoms with Crippen molar-refractivity contribution in [1.29, 1.82) is 0 Å². The first kappa shape index (κ1) is 11.0. The smallest absolute Gasteiger partial charge is 0.0352 e. The molecule has 2 aromatic rings. The van der Waals surface area contributed by atoms with Crippen molar-refractivity contribution in [2.45, 2.75) is 18.9 Å². The third-order valence-electron chi connectivity index (χ3n) is 3.63. The molecule has 0 amide bonds. The first-order chi connectivity index (χ1) is 8.36. The van der Waals surface area contributed by atoms with Gasteiger partial charge in [0, 0.05) is 10.9 Å². The Morgan fingerprint density at radius 1 is 1.18 bits per heavy atom. The normalized spacial score (nSPS) is 20.9. The number of hydrogen-bond acceptors (Lipinski definition) is 2. The van der Waals surface area contributed by atoms with Crippen LogP contribution in [0.1, 0.15) is 24.4 Å². The SMILES string of the molecule is CN1CCCC1c1ccccc1-c1cccs1. The maximum Gasteiger partial charge on any atom is 0.0352 e. The first-order valence-electron chi connectivity index (χ1n) is 6.19. The molecule has 1 atom stereocenters. The summed E-state index contributed by atoms with van der Waals surface area (Å²) in [7, 11) is 2.24. The van der Waals surface area contributed by atoms with E-state index in [-0.39, 0.29) is 0 Å². The molecule has 1 aliphatic rings. The van der Waals surface area contributed by atoms with E-state index in [0.29, 0.717) is 6.04 Å². The fraction of sp³-hybridized carbons (Fsp3) is 0.333. The molecule has 0 spiro atoms. The largest absolute Gasteiger partial charge is 0.299 e.